The number of carbonyl (C=O) groups is 1. The van der Waals surface area contributed by atoms with E-state index in [0.29, 0.717) is 24.7 Å². The second-order valence-electron chi connectivity index (χ2n) is 6.19. The molecule has 0 fully saturated rings. The van der Waals surface area contributed by atoms with Crippen molar-refractivity contribution in [2.75, 3.05) is 29.1 Å². The SMILES string of the molecule is CCCCOc1nc(N)c2c(n1)N(Cc1cccc(C)c1)CC(=O)N2. The average Bonchev–Trinajstić information content (AvgIpc) is 2.56. The van der Waals surface area contributed by atoms with Crippen LogP contribution in [0.2, 0.25) is 0 Å². The summed E-state index contributed by atoms with van der Waals surface area (Å²) in [5, 5.41) is 2.76. The molecule has 1 aromatic carbocycles. The van der Waals surface area contributed by atoms with Crippen molar-refractivity contribution in [2.24, 2.45) is 0 Å². The molecule has 7 heteroatoms. The molecule has 1 aromatic heterocycles. The summed E-state index contributed by atoms with van der Waals surface area (Å²) < 4.78 is 5.60. The number of nitrogens with two attached hydrogens (primary N) is 1. The van der Waals surface area contributed by atoms with E-state index in [1.807, 2.05) is 30.0 Å². The molecule has 25 heavy (non-hydrogen) atoms. The molecule has 0 saturated heterocycles. The van der Waals surface area contributed by atoms with Gasteiger partial charge in [-0.2, -0.15) is 9.97 Å². The maximum absolute atomic E-state index is 12.0. The van der Waals surface area contributed by atoms with E-state index in [4.69, 9.17) is 10.5 Å². The first-order valence-corrected chi connectivity index (χ1v) is 8.47. The second-order valence-corrected chi connectivity index (χ2v) is 6.19. The molecule has 3 rings (SSSR count). The molecule has 0 bridgehead atoms. The Hall–Kier alpha value is -2.83. The minimum Gasteiger partial charge on any atom is -0.463 e. The van der Waals surface area contributed by atoms with Crippen LogP contribution >= 0.6 is 0 Å². The zero-order chi connectivity index (χ0) is 17.8. The molecule has 7 nitrogen and oxygen atoms in total. The molecule has 2 heterocycles. The van der Waals surface area contributed by atoms with Gasteiger partial charge in [-0.25, -0.2) is 0 Å². The molecule has 1 aliphatic heterocycles. The number of carbonyl (C=O) groups excluding carboxylic acids is 1. The number of aryl methyl sites for hydroxylation is 1. The predicted molar refractivity (Wildman–Crippen MR) is 97.7 cm³/mol. The normalized spacial score (nSPS) is 13.4. The molecule has 0 aliphatic carbocycles. The largest absolute Gasteiger partial charge is 0.463 e. The van der Waals surface area contributed by atoms with Crippen molar-refractivity contribution in [1.29, 1.82) is 0 Å². The first-order valence-electron chi connectivity index (χ1n) is 8.47. The number of nitrogens with zero attached hydrogens (tertiary/aromatic N) is 3. The highest BCUT2D eigenvalue weighted by molar-refractivity contribution is 6.03. The highest BCUT2D eigenvalue weighted by Crippen LogP contribution is 2.34. The van der Waals surface area contributed by atoms with Crippen molar-refractivity contribution in [1.82, 2.24) is 9.97 Å². The van der Waals surface area contributed by atoms with Gasteiger partial charge in [0.05, 0.1) is 13.2 Å². The first-order chi connectivity index (χ1) is 12.1. The molecule has 2 aromatic rings. The van der Waals surface area contributed by atoms with Gasteiger partial charge in [-0.3, -0.25) is 4.79 Å². The second kappa shape index (κ2) is 7.38. The van der Waals surface area contributed by atoms with E-state index in [-0.39, 0.29) is 24.3 Å². The molecule has 1 amide bonds. The van der Waals surface area contributed by atoms with Gasteiger partial charge in [-0.1, -0.05) is 43.2 Å². The van der Waals surface area contributed by atoms with Crippen LogP contribution in [0.15, 0.2) is 24.3 Å². The van der Waals surface area contributed by atoms with Gasteiger partial charge < -0.3 is 20.7 Å². The summed E-state index contributed by atoms with van der Waals surface area (Å²) >= 11 is 0. The van der Waals surface area contributed by atoms with Crippen molar-refractivity contribution in [3.05, 3.63) is 35.4 Å². The summed E-state index contributed by atoms with van der Waals surface area (Å²) in [6.45, 7) is 5.45. The molecule has 0 spiro atoms. The number of hydrogen-bond donors (Lipinski definition) is 2. The summed E-state index contributed by atoms with van der Waals surface area (Å²) in [6.07, 6.45) is 1.94. The molecule has 3 N–H and O–H groups in total. The number of amides is 1. The zero-order valence-electron chi connectivity index (χ0n) is 14.6. The number of ether oxygens (including phenoxy) is 1. The lowest BCUT2D eigenvalue weighted by atomic mass is 10.1. The number of aromatic nitrogens is 2. The minimum absolute atomic E-state index is 0.130. The number of benzene rings is 1. The Balaban J connectivity index is 1.90. The Morgan fingerprint density at radius 3 is 2.96 bits per heavy atom. The van der Waals surface area contributed by atoms with E-state index < -0.39 is 0 Å². The quantitative estimate of drug-likeness (QED) is 0.784. The lowest BCUT2D eigenvalue weighted by Crippen LogP contribution is -2.39. The van der Waals surface area contributed by atoms with Crippen LogP contribution in [0.1, 0.15) is 30.9 Å². The van der Waals surface area contributed by atoms with Crippen LogP contribution in [-0.2, 0) is 11.3 Å². The van der Waals surface area contributed by atoms with Crippen molar-refractivity contribution in [3.63, 3.8) is 0 Å². The van der Waals surface area contributed by atoms with Gasteiger partial charge in [0.1, 0.15) is 5.69 Å². The summed E-state index contributed by atoms with van der Waals surface area (Å²) in [4.78, 5) is 22.6. The molecule has 0 saturated carbocycles. The van der Waals surface area contributed by atoms with E-state index >= 15 is 0 Å². The molecular formula is C18H23N5O2. The van der Waals surface area contributed by atoms with Crippen molar-refractivity contribution in [3.8, 4) is 6.01 Å². The minimum atomic E-state index is -0.130. The zero-order valence-corrected chi connectivity index (χ0v) is 14.6. The van der Waals surface area contributed by atoms with Gasteiger partial charge >= 0.3 is 6.01 Å². The Bertz CT molecular complexity index is 778. The summed E-state index contributed by atoms with van der Waals surface area (Å²) in [5.74, 6) is 0.689. The van der Waals surface area contributed by atoms with Gasteiger partial charge in [0.2, 0.25) is 5.91 Å². The number of rotatable bonds is 6. The summed E-state index contributed by atoms with van der Waals surface area (Å²) in [6, 6.07) is 8.41. The molecule has 1 aliphatic rings. The summed E-state index contributed by atoms with van der Waals surface area (Å²) in [5.41, 5.74) is 8.74. The van der Waals surface area contributed by atoms with Crippen molar-refractivity contribution >= 4 is 23.2 Å². The summed E-state index contributed by atoms with van der Waals surface area (Å²) in [7, 11) is 0. The number of fused-ring (bicyclic) bond motifs is 1. The van der Waals surface area contributed by atoms with E-state index in [2.05, 4.69) is 28.3 Å². The van der Waals surface area contributed by atoms with Gasteiger partial charge in [-0.05, 0) is 18.9 Å². The van der Waals surface area contributed by atoms with Crippen LogP contribution in [-0.4, -0.2) is 29.0 Å². The number of nitrogens with one attached hydrogen (secondary N) is 1. The predicted octanol–water partition coefficient (Wildman–Crippen LogP) is 2.50. The van der Waals surface area contributed by atoms with Crippen LogP contribution in [0, 0.1) is 6.92 Å². The highest BCUT2D eigenvalue weighted by atomic mass is 16.5. The molecule has 132 valence electrons. The third-order valence-electron chi connectivity index (χ3n) is 3.98. The average molecular weight is 341 g/mol. The van der Waals surface area contributed by atoms with E-state index in [1.165, 1.54) is 5.56 Å². The standard InChI is InChI=1S/C18H23N5O2/c1-3-4-8-25-18-21-16(19)15-17(22-18)23(11-14(24)20-15)10-13-7-5-6-12(2)9-13/h5-7,9H,3-4,8,10-11H2,1-2H3,(H,20,24)(H2,19,21,22). The van der Waals surface area contributed by atoms with Gasteiger partial charge in [0.15, 0.2) is 11.6 Å². The fourth-order valence-electron chi connectivity index (χ4n) is 2.75. The highest BCUT2D eigenvalue weighted by Gasteiger charge is 2.27. The van der Waals surface area contributed by atoms with E-state index in [9.17, 15) is 4.79 Å². The van der Waals surface area contributed by atoms with Crippen LogP contribution in [0.3, 0.4) is 0 Å². The molecular weight excluding hydrogens is 318 g/mol. The van der Waals surface area contributed by atoms with Crippen LogP contribution in [0.25, 0.3) is 0 Å². The number of hydrogen-bond acceptors (Lipinski definition) is 6. The maximum atomic E-state index is 12.0. The fraction of sp³-hybridized carbons (Fsp3) is 0.389. The van der Waals surface area contributed by atoms with Gasteiger partial charge in [0.25, 0.3) is 0 Å². The maximum Gasteiger partial charge on any atom is 0.320 e. The van der Waals surface area contributed by atoms with Gasteiger partial charge in [0, 0.05) is 6.54 Å². The Labute approximate surface area is 147 Å². The lowest BCUT2D eigenvalue weighted by Gasteiger charge is -2.30. The monoisotopic (exact) mass is 341 g/mol. The topological polar surface area (TPSA) is 93.4 Å². The van der Waals surface area contributed by atoms with Crippen LogP contribution in [0.5, 0.6) is 6.01 Å². The van der Waals surface area contributed by atoms with Crippen LogP contribution in [0.4, 0.5) is 17.3 Å². The van der Waals surface area contributed by atoms with E-state index in [1.54, 1.807) is 0 Å². The fourth-order valence-corrected chi connectivity index (χ4v) is 2.75. The smallest absolute Gasteiger partial charge is 0.320 e. The van der Waals surface area contributed by atoms with Crippen molar-refractivity contribution < 1.29 is 9.53 Å². The number of nitrogen functional groups attached to an aromatic ring is 1. The van der Waals surface area contributed by atoms with Crippen LogP contribution < -0.4 is 20.7 Å². The number of anilines is 3. The van der Waals surface area contributed by atoms with Gasteiger partial charge in [-0.15, -0.1) is 0 Å². The van der Waals surface area contributed by atoms with Crippen molar-refractivity contribution in [2.45, 2.75) is 33.2 Å². The molecule has 0 radical (unpaired) electrons. The third-order valence-corrected chi connectivity index (χ3v) is 3.98. The number of unbranched alkanes of at least 4 members (excludes halogenated alkanes) is 1. The first kappa shape index (κ1) is 17.0. The Kier molecular flexibility index (Phi) is 5.02. The van der Waals surface area contributed by atoms with E-state index in [0.717, 1.165) is 18.4 Å². The Morgan fingerprint density at radius 1 is 1.36 bits per heavy atom. The third kappa shape index (κ3) is 3.99. The molecule has 0 unspecified atom stereocenters. The molecule has 0 atom stereocenters. The Morgan fingerprint density at radius 2 is 2.20 bits per heavy atom. The lowest BCUT2D eigenvalue weighted by molar-refractivity contribution is -0.115.